The van der Waals surface area contributed by atoms with Crippen LogP contribution in [-0.2, 0) is 19.5 Å². The number of likely N-dealkylation sites (N-methyl/N-ethyl adjacent to an activating group) is 1. The van der Waals surface area contributed by atoms with Crippen LogP contribution >= 0.6 is 23.7 Å². The van der Waals surface area contributed by atoms with Gasteiger partial charge in [0.15, 0.2) is 5.13 Å². The van der Waals surface area contributed by atoms with Gasteiger partial charge in [-0.15, -0.1) is 12.4 Å². The molecule has 9 nitrogen and oxygen atoms in total. The summed E-state index contributed by atoms with van der Waals surface area (Å²) in [4.78, 5) is 22.8. The lowest BCUT2D eigenvalue weighted by Gasteiger charge is -2.25. The molecule has 0 saturated heterocycles. The molecule has 0 radical (unpaired) electrons. The SMILES string of the molecule is CCN(CC)CCN(C(=O)c1ccc(S(=O)(=O)N(CCOC)CCOC)cc1)c1nc2c(C)cc(C)cc2s1.Cl. The molecule has 0 aliphatic heterocycles. The van der Waals surface area contributed by atoms with Gasteiger partial charge in [-0.05, 0) is 68.4 Å². The molecule has 0 aliphatic rings. The molecule has 1 aromatic heterocycles. The van der Waals surface area contributed by atoms with Gasteiger partial charge in [-0.1, -0.05) is 31.3 Å². The van der Waals surface area contributed by atoms with Crippen LogP contribution in [0.5, 0.6) is 0 Å². The van der Waals surface area contributed by atoms with E-state index in [1.807, 2.05) is 6.92 Å². The molecule has 0 N–H and O–H groups in total. The zero-order chi connectivity index (χ0) is 28.6. The van der Waals surface area contributed by atoms with E-state index in [-0.39, 0.29) is 49.5 Å². The van der Waals surface area contributed by atoms with Crippen LogP contribution in [0.2, 0.25) is 0 Å². The first-order chi connectivity index (χ1) is 18.7. The average Bonchev–Trinajstić information content (AvgIpc) is 3.35. The molecule has 0 aliphatic carbocycles. The van der Waals surface area contributed by atoms with Crippen LogP contribution in [0.15, 0.2) is 41.3 Å². The summed E-state index contributed by atoms with van der Waals surface area (Å²) in [7, 11) is -0.725. The fourth-order valence-electron chi connectivity index (χ4n) is 4.35. The molecule has 0 saturated carbocycles. The summed E-state index contributed by atoms with van der Waals surface area (Å²) in [6.07, 6.45) is 0. The second-order valence-corrected chi connectivity index (χ2v) is 12.3. The van der Waals surface area contributed by atoms with Crippen molar-refractivity contribution < 1.29 is 22.7 Å². The number of thiazole rings is 1. The van der Waals surface area contributed by atoms with Crippen molar-refractivity contribution in [2.45, 2.75) is 32.6 Å². The number of hydrogen-bond donors (Lipinski definition) is 0. The highest BCUT2D eigenvalue weighted by molar-refractivity contribution is 7.89. The summed E-state index contributed by atoms with van der Waals surface area (Å²) in [6, 6.07) is 10.3. The molecular weight excluding hydrogens is 572 g/mol. The largest absolute Gasteiger partial charge is 0.383 e. The summed E-state index contributed by atoms with van der Waals surface area (Å²) in [5.74, 6) is -0.213. The van der Waals surface area contributed by atoms with Crippen molar-refractivity contribution in [1.29, 1.82) is 0 Å². The van der Waals surface area contributed by atoms with Crippen molar-refractivity contribution in [3.8, 4) is 0 Å². The summed E-state index contributed by atoms with van der Waals surface area (Å²) in [5, 5.41) is 0.637. The Labute approximate surface area is 248 Å². The number of fused-ring (bicyclic) bond motifs is 1. The number of aryl methyl sites for hydroxylation is 2. The van der Waals surface area contributed by atoms with E-state index in [1.165, 1.54) is 42.0 Å². The van der Waals surface area contributed by atoms with Crippen LogP contribution in [-0.4, -0.2) is 95.2 Å². The van der Waals surface area contributed by atoms with Crippen LogP contribution in [0.3, 0.4) is 0 Å². The standard InChI is InChI=1S/C28H40N4O5S2.ClH/c1-7-30(8-2)13-14-32(28-29-26-22(4)19-21(3)20-25(26)38-28)27(33)23-9-11-24(12-10-23)39(34,35)31(15-17-36-5)16-18-37-6;/h9-12,19-20H,7-8,13-18H2,1-6H3;1H. The van der Waals surface area contributed by atoms with Crippen molar-refractivity contribution in [3.63, 3.8) is 0 Å². The van der Waals surface area contributed by atoms with Gasteiger partial charge >= 0.3 is 0 Å². The van der Waals surface area contributed by atoms with E-state index in [0.29, 0.717) is 23.8 Å². The Balaban J connectivity index is 0.00000560. The quantitative estimate of drug-likeness (QED) is 0.248. The van der Waals surface area contributed by atoms with E-state index in [1.54, 1.807) is 17.0 Å². The van der Waals surface area contributed by atoms with Gasteiger partial charge < -0.3 is 14.4 Å². The minimum atomic E-state index is -3.78. The van der Waals surface area contributed by atoms with Crippen LogP contribution in [0.4, 0.5) is 5.13 Å². The summed E-state index contributed by atoms with van der Waals surface area (Å²) in [6.45, 7) is 12.2. The minimum absolute atomic E-state index is 0. The van der Waals surface area contributed by atoms with Gasteiger partial charge in [0, 0.05) is 46.0 Å². The molecule has 3 rings (SSSR count). The Bertz CT molecular complexity index is 1340. The number of nitrogens with zero attached hydrogens (tertiary/aromatic N) is 4. The maximum absolute atomic E-state index is 13.8. The van der Waals surface area contributed by atoms with Crippen molar-refractivity contribution >= 4 is 55.0 Å². The molecule has 1 amide bonds. The Kier molecular flexibility index (Phi) is 13.4. The van der Waals surface area contributed by atoms with E-state index in [9.17, 15) is 13.2 Å². The van der Waals surface area contributed by atoms with E-state index in [2.05, 4.69) is 37.8 Å². The second-order valence-electron chi connectivity index (χ2n) is 9.32. The summed E-state index contributed by atoms with van der Waals surface area (Å²) in [5.41, 5.74) is 3.53. The molecule has 222 valence electrons. The van der Waals surface area contributed by atoms with E-state index >= 15 is 0 Å². The Hall–Kier alpha value is -2.12. The fourth-order valence-corrected chi connectivity index (χ4v) is 6.93. The van der Waals surface area contributed by atoms with Gasteiger partial charge in [-0.3, -0.25) is 9.69 Å². The van der Waals surface area contributed by atoms with Crippen LogP contribution in [0.25, 0.3) is 10.2 Å². The lowest BCUT2D eigenvalue weighted by atomic mass is 10.1. The fraction of sp³-hybridized carbons (Fsp3) is 0.500. The summed E-state index contributed by atoms with van der Waals surface area (Å²) >= 11 is 1.50. The molecule has 0 unspecified atom stereocenters. The molecule has 0 atom stereocenters. The molecule has 12 heteroatoms. The Morgan fingerprint density at radius 1 is 0.925 bits per heavy atom. The van der Waals surface area contributed by atoms with E-state index in [4.69, 9.17) is 14.5 Å². The molecular formula is C28H41ClN4O5S2. The van der Waals surface area contributed by atoms with Gasteiger partial charge in [0.2, 0.25) is 10.0 Å². The van der Waals surface area contributed by atoms with Crippen molar-refractivity contribution in [3.05, 3.63) is 53.1 Å². The molecule has 0 spiro atoms. The first kappa shape index (κ1) is 34.1. The molecule has 3 aromatic rings. The first-order valence-electron chi connectivity index (χ1n) is 13.2. The maximum atomic E-state index is 13.8. The number of sulfonamides is 1. The number of aromatic nitrogens is 1. The third-order valence-electron chi connectivity index (χ3n) is 6.66. The lowest BCUT2D eigenvalue weighted by molar-refractivity contribution is 0.0983. The normalized spacial score (nSPS) is 11.8. The number of methoxy groups -OCH3 is 2. The smallest absolute Gasteiger partial charge is 0.260 e. The number of hydrogen-bond acceptors (Lipinski definition) is 8. The number of carbonyl (C=O) groups excluding carboxylic acids is 1. The van der Waals surface area contributed by atoms with Gasteiger partial charge in [0.25, 0.3) is 5.91 Å². The Morgan fingerprint density at radius 2 is 1.52 bits per heavy atom. The highest BCUT2D eigenvalue weighted by Gasteiger charge is 2.26. The number of benzene rings is 2. The van der Waals surface area contributed by atoms with Gasteiger partial charge in [-0.2, -0.15) is 4.31 Å². The van der Waals surface area contributed by atoms with Gasteiger partial charge in [0.1, 0.15) is 0 Å². The third-order valence-corrected chi connectivity index (χ3v) is 9.60. The van der Waals surface area contributed by atoms with Crippen LogP contribution < -0.4 is 4.90 Å². The molecule has 0 bridgehead atoms. The average molecular weight is 613 g/mol. The number of carbonyl (C=O) groups is 1. The molecule has 0 fully saturated rings. The van der Waals surface area contributed by atoms with Crippen molar-refractivity contribution in [2.75, 3.05) is 71.6 Å². The predicted octanol–water partition coefficient (Wildman–Crippen LogP) is 4.61. The Morgan fingerprint density at radius 3 is 2.08 bits per heavy atom. The number of rotatable bonds is 15. The van der Waals surface area contributed by atoms with Crippen molar-refractivity contribution in [2.24, 2.45) is 0 Å². The molecule has 40 heavy (non-hydrogen) atoms. The number of amides is 1. The molecule has 2 aromatic carbocycles. The number of ether oxygens (including phenoxy) is 2. The monoisotopic (exact) mass is 612 g/mol. The zero-order valence-electron chi connectivity index (χ0n) is 24.2. The second kappa shape index (κ2) is 15.8. The third kappa shape index (κ3) is 8.22. The number of halogens is 1. The van der Waals surface area contributed by atoms with Crippen LogP contribution in [0.1, 0.15) is 35.3 Å². The summed E-state index contributed by atoms with van der Waals surface area (Å²) < 4.78 is 39.1. The maximum Gasteiger partial charge on any atom is 0.260 e. The zero-order valence-corrected chi connectivity index (χ0v) is 26.6. The molecule has 1 heterocycles. The van der Waals surface area contributed by atoms with Crippen LogP contribution in [0, 0.1) is 13.8 Å². The van der Waals surface area contributed by atoms with Crippen molar-refractivity contribution in [1.82, 2.24) is 14.2 Å². The highest BCUT2D eigenvalue weighted by atomic mass is 35.5. The predicted molar refractivity (Wildman–Crippen MR) is 165 cm³/mol. The van der Waals surface area contributed by atoms with Gasteiger partial charge in [0.05, 0.1) is 28.3 Å². The first-order valence-corrected chi connectivity index (χ1v) is 15.4. The minimum Gasteiger partial charge on any atom is -0.383 e. The number of anilines is 1. The van der Waals surface area contributed by atoms with E-state index in [0.717, 1.165) is 34.4 Å². The van der Waals surface area contributed by atoms with E-state index < -0.39 is 10.0 Å². The highest BCUT2D eigenvalue weighted by Crippen LogP contribution is 2.32. The topological polar surface area (TPSA) is 92.3 Å². The lowest BCUT2D eigenvalue weighted by Crippen LogP contribution is -2.39. The van der Waals surface area contributed by atoms with Gasteiger partial charge in [-0.25, -0.2) is 13.4 Å².